The summed E-state index contributed by atoms with van der Waals surface area (Å²) >= 11 is 0. The maximum Gasteiger partial charge on any atom is 0.0807 e. The minimum Gasteiger partial charge on any atom is -0.633 e. The van der Waals surface area contributed by atoms with Crippen LogP contribution < -0.4 is 0 Å². The first-order chi connectivity index (χ1) is 4.10. The zero-order chi connectivity index (χ0) is 6.91. The van der Waals surface area contributed by atoms with Crippen LogP contribution in [0.2, 0.25) is 0 Å². The van der Waals surface area contributed by atoms with Crippen molar-refractivity contribution in [2.75, 3.05) is 20.1 Å². The second kappa shape index (κ2) is 2.27. The molecule has 2 atom stereocenters. The molecule has 1 heterocycles. The van der Waals surface area contributed by atoms with E-state index in [4.69, 9.17) is 0 Å². The zero-order valence-electron chi connectivity index (χ0n) is 6.26. The molecule has 0 unspecified atom stereocenters. The highest BCUT2D eigenvalue weighted by atomic mass is 16.5. The van der Waals surface area contributed by atoms with E-state index in [1.54, 1.807) is 7.05 Å². The number of quaternary nitrogens is 1. The molecule has 54 valence electrons. The van der Waals surface area contributed by atoms with Gasteiger partial charge in [0.2, 0.25) is 0 Å². The van der Waals surface area contributed by atoms with Crippen molar-refractivity contribution in [3.63, 3.8) is 0 Å². The van der Waals surface area contributed by atoms with Gasteiger partial charge in [-0.1, -0.05) is 6.92 Å². The molecule has 0 N–H and O–H groups in total. The predicted molar refractivity (Wildman–Crippen MR) is 37.7 cm³/mol. The van der Waals surface area contributed by atoms with Gasteiger partial charge in [0.05, 0.1) is 20.1 Å². The van der Waals surface area contributed by atoms with Crippen LogP contribution in [-0.2, 0) is 0 Å². The van der Waals surface area contributed by atoms with Gasteiger partial charge in [-0.2, -0.15) is 0 Å². The highest BCUT2D eigenvalue weighted by Gasteiger charge is 2.20. The minimum atomic E-state index is -0.0127. The van der Waals surface area contributed by atoms with Gasteiger partial charge in [-0.25, -0.2) is 0 Å². The summed E-state index contributed by atoms with van der Waals surface area (Å²) in [5.41, 5.74) is 0. The third-order valence-electron chi connectivity index (χ3n) is 2.03. The number of hydroxylamine groups is 3. The van der Waals surface area contributed by atoms with E-state index in [1.165, 1.54) is 6.42 Å². The van der Waals surface area contributed by atoms with Crippen LogP contribution in [0.4, 0.5) is 0 Å². The summed E-state index contributed by atoms with van der Waals surface area (Å²) in [7, 11) is 1.77. The fourth-order valence-electron chi connectivity index (χ4n) is 1.62. The van der Waals surface area contributed by atoms with E-state index in [2.05, 4.69) is 6.92 Å². The van der Waals surface area contributed by atoms with Crippen LogP contribution in [0, 0.1) is 11.1 Å². The number of rotatable bonds is 0. The van der Waals surface area contributed by atoms with Gasteiger partial charge >= 0.3 is 0 Å². The van der Waals surface area contributed by atoms with Crippen LogP contribution in [-0.4, -0.2) is 24.8 Å². The molecule has 1 saturated heterocycles. The number of piperidine rings is 1. The molecule has 0 spiro atoms. The van der Waals surface area contributed by atoms with Gasteiger partial charge in [0, 0.05) is 5.92 Å². The Kier molecular flexibility index (Phi) is 1.78. The Hall–Kier alpha value is -0.0800. The summed E-state index contributed by atoms with van der Waals surface area (Å²) in [5, 5.41) is 11.3. The molecule has 0 aromatic rings. The molecule has 0 aliphatic carbocycles. The molecule has 1 fully saturated rings. The van der Waals surface area contributed by atoms with Crippen molar-refractivity contribution in [1.82, 2.24) is 0 Å². The molecule has 1 aliphatic rings. The number of likely N-dealkylation sites (tertiary alicyclic amines) is 1. The Labute approximate surface area is 56.6 Å². The molecule has 0 aromatic heterocycles. The Morgan fingerprint density at radius 1 is 1.56 bits per heavy atom. The highest BCUT2D eigenvalue weighted by Crippen LogP contribution is 2.19. The van der Waals surface area contributed by atoms with E-state index in [-0.39, 0.29) is 4.65 Å². The Bertz CT molecular complexity index is 101. The third kappa shape index (κ3) is 1.95. The molecule has 0 bridgehead atoms. The topological polar surface area (TPSA) is 23.1 Å². The van der Waals surface area contributed by atoms with E-state index < -0.39 is 0 Å². The lowest BCUT2D eigenvalue weighted by Gasteiger charge is -2.44. The van der Waals surface area contributed by atoms with Crippen LogP contribution in [0.25, 0.3) is 0 Å². The second-order valence-corrected chi connectivity index (χ2v) is 3.45. The van der Waals surface area contributed by atoms with E-state index in [0.717, 1.165) is 19.5 Å². The fraction of sp³-hybridized carbons (Fsp3) is 1.00. The maximum atomic E-state index is 11.3. The third-order valence-corrected chi connectivity index (χ3v) is 2.03. The monoisotopic (exact) mass is 129 g/mol. The van der Waals surface area contributed by atoms with Gasteiger partial charge in [0.1, 0.15) is 0 Å². The Morgan fingerprint density at radius 2 is 2.22 bits per heavy atom. The molecule has 0 aromatic carbocycles. The highest BCUT2D eigenvalue weighted by molar-refractivity contribution is 4.58. The van der Waals surface area contributed by atoms with Crippen molar-refractivity contribution < 1.29 is 4.65 Å². The van der Waals surface area contributed by atoms with Crippen LogP contribution in [0.5, 0.6) is 0 Å². The van der Waals surface area contributed by atoms with Gasteiger partial charge in [-0.15, -0.1) is 0 Å². The van der Waals surface area contributed by atoms with Crippen molar-refractivity contribution in [2.45, 2.75) is 19.8 Å². The van der Waals surface area contributed by atoms with Gasteiger partial charge in [-0.3, -0.25) is 0 Å². The molecule has 2 heteroatoms. The smallest absolute Gasteiger partial charge is 0.0807 e. The first kappa shape index (κ1) is 7.03. The first-order valence-electron chi connectivity index (χ1n) is 3.66. The maximum absolute atomic E-state index is 11.3. The molecule has 0 radical (unpaired) electrons. The average Bonchev–Trinajstić information content (AvgIpc) is 1.60. The van der Waals surface area contributed by atoms with E-state index in [9.17, 15) is 5.21 Å². The lowest BCUT2D eigenvalue weighted by Crippen LogP contribution is -2.45. The van der Waals surface area contributed by atoms with Crippen LogP contribution in [0.15, 0.2) is 0 Å². The lowest BCUT2D eigenvalue weighted by atomic mass is 10.0. The number of hydrogen-bond acceptors (Lipinski definition) is 1. The van der Waals surface area contributed by atoms with Crippen molar-refractivity contribution in [3.05, 3.63) is 5.21 Å². The first-order valence-corrected chi connectivity index (χ1v) is 3.66. The Balaban J connectivity index is 2.41. The quantitative estimate of drug-likeness (QED) is 0.358. The summed E-state index contributed by atoms with van der Waals surface area (Å²) in [6, 6.07) is 0. The molecule has 1 rings (SSSR count). The summed E-state index contributed by atoms with van der Waals surface area (Å²) in [6.07, 6.45) is 2.36. The fourth-order valence-corrected chi connectivity index (χ4v) is 1.62. The van der Waals surface area contributed by atoms with Gasteiger partial charge in [0.15, 0.2) is 0 Å². The van der Waals surface area contributed by atoms with Gasteiger partial charge in [0.25, 0.3) is 0 Å². The van der Waals surface area contributed by atoms with Gasteiger partial charge in [-0.05, 0) is 12.8 Å². The van der Waals surface area contributed by atoms with Crippen molar-refractivity contribution in [3.8, 4) is 0 Å². The Morgan fingerprint density at radius 3 is 2.56 bits per heavy atom. The number of hydrogen-bond donors (Lipinski definition) is 0. The normalized spacial score (nSPS) is 45.0. The van der Waals surface area contributed by atoms with Crippen LogP contribution in [0.3, 0.4) is 0 Å². The molecule has 2 nitrogen and oxygen atoms in total. The summed E-state index contributed by atoms with van der Waals surface area (Å²) < 4.78 is -0.0127. The molecule has 0 saturated carbocycles. The minimum absolute atomic E-state index is 0.0127. The molecular weight excluding hydrogens is 114 g/mol. The number of nitrogens with zero attached hydrogens (tertiary/aromatic N) is 1. The largest absolute Gasteiger partial charge is 0.633 e. The summed E-state index contributed by atoms with van der Waals surface area (Å²) in [6.45, 7) is 3.80. The molecule has 1 aliphatic heterocycles. The van der Waals surface area contributed by atoms with Gasteiger partial charge < -0.3 is 9.85 Å². The second-order valence-electron chi connectivity index (χ2n) is 3.45. The van der Waals surface area contributed by atoms with Crippen molar-refractivity contribution in [1.29, 1.82) is 0 Å². The summed E-state index contributed by atoms with van der Waals surface area (Å²) in [4.78, 5) is 0. The zero-order valence-corrected chi connectivity index (χ0v) is 6.26. The average molecular weight is 129 g/mol. The van der Waals surface area contributed by atoms with Crippen molar-refractivity contribution in [2.24, 2.45) is 5.92 Å². The lowest BCUT2D eigenvalue weighted by molar-refractivity contribution is -0.869. The van der Waals surface area contributed by atoms with Crippen LogP contribution >= 0.6 is 0 Å². The SMILES string of the molecule is C[C@@H]1CCC[N@+](C)([O-])C1. The molecule has 9 heavy (non-hydrogen) atoms. The van der Waals surface area contributed by atoms with Crippen molar-refractivity contribution >= 4 is 0 Å². The van der Waals surface area contributed by atoms with E-state index in [0.29, 0.717) is 5.92 Å². The van der Waals surface area contributed by atoms with E-state index in [1.807, 2.05) is 0 Å². The predicted octanol–water partition coefficient (Wildman–Crippen LogP) is 1.36. The van der Waals surface area contributed by atoms with Crippen LogP contribution in [0.1, 0.15) is 19.8 Å². The molecular formula is C7H15NO. The summed E-state index contributed by atoms with van der Waals surface area (Å²) in [5.74, 6) is 0.640. The standard InChI is InChI=1S/C7H15NO/c1-7-4-3-5-8(2,9)6-7/h7H,3-6H2,1-2H3/t7-,8+/m1/s1. The molecule has 0 amide bonds. The van der Waals surface area contributed by atoms with E-state index >= 15 is 0 Å².